The minimum atomic E-state index is -0.0559. The van der Waals surface area contributed by atoms with E-state index in [1.807, 2.05) is 36.1 Å². The predicted molar refractivity (Wildman–Crippen MR) is 99.0 cm³/mol. The Morgan fingerprint density at radius 2 is 1.72 bits per heavy atom. The number of hydrogen-bond acceptors (Lipinski definition) is 2. The third-order valence-electron chi connectivity index (χ3n) is 4.50. The number of likely N-dealkylation sites (tertiary alicyclic amines) is 1. The zero-order valence-corrected chi connectivity index (χ0v) is 14.9. The molecule has 2 aromatic rings. The Balaban J connectivity index is 1.54. The molecule has 0 atom stereocenters. The Hall–Kier alpha value is -2.33. The Morgan fingerprint density at radius 3 is 2.36 bits per heavy atom. The van der Waals surface area contributed by atoms with Gasteiger partial charge in [-0.05, 0) is 50.1 Å². The van der Waals surface area contributed by atoms with E-state index >= 15 is 0 Å². The van der Waals surface area contributed by atoms with E-state index in [2.05, 4.69) is 5.32 Å². The molecule has 0 aromatic heterocycles. The zero-order chi connectivity index (χ0) is 17.8. The van der Waals surface area contributed by atoms with E-state index in [9.17, 15) is 9.59 Å². The van der Waals surface area contributed by atoms with Crippen molar-refractivity contribution in [3.05, 3.63) is 70.2 Å². The molecule has 0 aliphatic carbocycles. The Bertz CT molecular complexity index is 766. The molecule has 1 fully saturated rings. The van der Waals surface area contributed by atoms with Crippen LogP contribution in [0.25, 0.3) is 0 Å². The van der Waals surface area contributed by atoms with Gasteiger partial charge in [0.15, 0.2) is 0 Å². The maximum Gasteiger partial charge on any atom is 0.253 e. The first-order chi connectivity index (χ1) is 12.0. The quantitative estimate of drug-likeness (QED) is 0.911. The molecule has 1 N–H and O–H groups in total. The SMILES string of the molecule is Cc1ccc(C(=O)NC2CCN(C(=O)c3cccc(Cl)c3)CC2)cc1. The van der Waals surface area contributed by atoms with Crippen LogP contribution >= 0.6 is 11.6 Å². The van der Waals surface area contributed by atoms with Crippen LogP contribution in [-0.2, 0) is 0 Å². The molecular formula is C20H21ClN2O2. The average Bonchev–Trinajstić information content (AvgIpc) is 2.62. The number of benzene rings is 2. The summed E-state index contributed by atoms with van der Waals surface area (Å²) in [6.07, 6.45) is 1.51. The maximum absolute atomic E-state index is 12.5. The van der Waals surface area contributed by atoms with Gasteiger partial charge in [-0.2, -0.15) is 0 Å². The third-order valence-corrected chi connectivity index (χ3v) is 4.74. The highest BCUT2D eigenvalue weighted by Gasteiger charge is 2.24. The lowest BCUT2D eigenvalue weighted by Crippen LogP contribution is -2.46. The van der Waals surface area contributed by atoms with Gasteiger partial charge in [-0.25, -0.2) is 0 Å². The predicted octanol–water partition coefficient (Wildman–Crippen LogP) is 3.68. The van der Waals surface area contributed by atoms with E-state index in [-0.39, 0.29) is 17.9 Å². The standard InChI is InChI=1S/C20H21ClN2O2/c1-14-5-7-15(8-6-14)19(24)22-18-9-11-23(12-10-18)20(25)16-3-2-4-17(21)13-16/h2-8,13,18H,9-12H2,1H3,(H,22,24). The van der Waals surface area contributed by atoms with Crippen LogP contribution in [0.4, 0.5) is 0 Å². The van der Waals surface area contributed by atoms with Gasteiger partial charge in [0, 0.05) is 35.3 Å². The van der Waals surface area contributed by atoms with E-state index in [4.69, 9.17) is 11.6 Å². The van der Waals surface area contributed by atoms with Crippen molar-refractivity contribution >= 4 is 23.4 Å². The second-order valence-electron chi connectivity index (χ2n) is 6.42. The number of hydrogen-bond donors (Lipinski definition) is 1. The maximum atomic E-state index is 12.5. The fourth-order valence-electron chi connectivity index (χ4n) is 3.00. The number of carbonyl (C=O) groups excluding carboxylic acids is 2. The van der Waals surface area contributed by atoms with Crippen molar-refractivity contribution in [1.29, 1.82) is 0 Å². The van der Waals surface area contributed by atoms with Crippen LogP contribution < -0.4 is 5.32 Å². The highest BCUT2D eigenvalue weighted by molar-refractivity contribution is 6.30. The van der Waals surface area contributed by atoms with Gasteiger partial charge < -0.3 is 10.2 Å². The van der Waals surface area contributed by atoms with Crippen molar-refractivity contribution < 1.29 is 9.59 Å². The smallest absolute Gasteiger partial charge is 0.253 e. The van der Waals surface area contributed by atoms with Crippen LogP contribution in [0.15, 0.2) is 48.5 Å². The van der Waals surface area contributed by atoms with Crippen LogP contribution in [-0.4, -0.2) is 35.8 Å². The number of nitrogens with zero attached hydrogens (tertiary/aromatic N) is 1. The monoisotopic (exact) mass is 356 g/mol. The molecule has 130 valence electrons. The van der Waals surface area contributed by atoms with E-state index in [0.29, 0.717) is 29.2 Å². The molecule has 4 nitrogen and oxygen atoms in total. The molecule has 0 bridgehead atoms. The largest absolute Gasteiger partial charge is 0.349 e. The topological polar surface area (TPSA) is 49.4 Å². The molecule has 1 aliphatic heterocycles. The molecule has 25 heavy (non-hydrogen) atoms. The molecule has 3 rings (SSSR count). The molecule has 5 heteroatoms. The summed E-state index contributed by atoms with van der Waals surface area (Å²) in [6.45, 7) is 3.25. The first kappa shape index (κ1) is 17.5. The zero-order valence-electron chi connectivity index (χ0n) is 14.2. The highest BCUT2D eigenvalue weighted by atomic mass is 35.5. The van der Waals surface area contributed by atoms with Crippen LogP contribution in [0, 0.1) is 6.92 Å². The number of halogens is 1. The Morgan fingerprint density at radius 1 is 1.04 bits per heavy atom. The van der Waals surface area contributed by atoms with E-state index in [0.717, 1.165) is 18.4 Å². The van der Waals surface area contributed by atoms with Gasteiger partial charge in [-0.1, -0.05) is 35.4 Å². The molecule has 0 saturated carbocycles. The first-order valence-corrected chi connectivity index (χ1v) is 8.83. The van der Waals surface area contributed by atoms with Gasteiger partial charge in [-0.15, -0.1) is 0 Å². The molecule has 1 saturated heterocycles. The highest BCUT2D eigenvalue weighted by Crippen LogP contribution is 2.17. The van der Waals surface area contributed by atoms with Crippen molar-refractivity contribution in [3.63, 3.8) is 0 Å². The van der Waals surface area contributed by atoms with Gasteiger partial charge in [0.1, 0.15) is 0 Å². The Labute approximate surface area is 152 Å². The molecule has 0 radical (unpaired) electrons. The van der Waals surface area contributed by atoms with Crippen LogP contribution in [0.5, 0.6) is 0 Å². The van der Waals surface area contributed by atoms with Crippen LogP contribution in [0.1, 0.15) is 39.1 Å². The second-order valence-corrected chi connectivity index (χ2v) is 6.85. The number of carbonyl (C=O) groups is 2. The molecule has 1 aliphatic rings. The second kappa shape index (κ2) is 7.70. The fraction of sp³-hybridized carbons (Fsp3) is 0.300. The van der Waals surface area contributed by atoms with Gasteiger partial charge in [0.25, 0.3) is 11.8 Å². The summed E-state index contributed by atoms with van der Waals surface area (Å²) in [5.74, 6) is -0.0644. The van der Waals surface area contributed by atoms with Gasteiger partial charge in [-0.3, -0.25) is 9.59 Å². The fourth-order valence-corrected chi connectivity index (χ4v) is 3.19. The molecule has 0 unspecified atom stereocenters. The van der Waals surface area contributed by atoms with Crippen molar-refractivity contribution in [2.45, 2.75) is 25.8 Å². The summed E-state index contributed by atoms with van der Waals surface area (Å²) >= 11 is 5.96. The average molecular weight is 357 g/mol. The van der Waals surface area contributed by atoms with E-state index < -0.39 is 0 Å². The summed E-state index contributed by atoms with van der Waals surface area (Å²) in [5, 5.41) is 3.63. The summed E-state index contributed by atoms with van der Waals surface area (Å²) < 4.78 is 0. The van der Waals surface area contributed by atoms with Crippen molar-refractivity contribution in [2.24, 2.45) is 0 Å². The van der Waals surface area contributed by atoms with Crippen molar-refractivity contribution in [1.82, 2.24) is 10.2 Å². The van der Waals surface area contributed by atoms with Crippen LogP contribution in [0.2, 0.25) is 5.02 Å². The molecule has 2 amide bonds. The number of rotatable bonds is 3. The van der Waals surface area contributed by atoms with Gasteiger partial charge in [0.2, 0.25) is 0 Å². The summed E-state index contributed by atoms with van der Waals surface area (Å²) in [7, 11) is 0. The Kier molecular flexibility index (Phi) is 5.39. The van der Waals surface area contributed by atoms with Crippen molar-refractivity contribution in [3.8, 4) is 0 Å². The number of amides is 2. The normalized spacial score (nSPS) is 15.0. The first-order valence-electron chi connectivity index (χ1n) is 8.45. The lowest BCUT2D eigenvalue weighted by molar-refractivity contribution is 0.0698. The lowest BCUT2D eigenvalue weighted by atomic mass is 10.0. The molecular weight excluding hydrogens is 336 g/mol. The number of nitrogens with one attached hydrogen (secondary N) is 1. The lowest BCUT2D eigenvalue weighted by Gasteiger charge is -2.32. The minimum Gasteiger partial charge on any atom is -0.349 e. The van der Waals surface area contributed by atoms with Crippen molar-refractivity contribution in [2.75, 3.05) is 13.1 Å². The molecule has 2 aromatic carbocycles. The summed E-state index contributed by atoms with van der Waals surface area (Å²) in [6, 6.07) is 14.6. The van der Waals surface area contributed by atoms with E-state index in [1.54, 1.807) is 24.3 Å². The summed E-state index contributed by atoms with van der Waals surface area (Å²) in [5.41, 5.74) is 2.40. The molecule has 1 heterocycles. The molecule has 0 spiro atoms. The number of piperidine rings is 1. The van der Waals surface area contributed by atoms with Crippen LogP contribution in [0.3, 0.4) is 0 Å². The summed E-state index contributed by atoms with van der Waals surface area (Å²) in [4.78, 5) is 26.6. The van der Waals surface area contributed by atoms with E-state index in [1.165, 1.54) is 0 Å². The number of aryl methyl sites for hydroxylation is 1. The third kappa shape index (κ3) is 4.40. The minimum absolute atomic E-state index is 0.00851. The van der Waals surface area contributed by atoms with Gasteiger partial charge in [0.05, 0.1) is 0 Å². The van der Waals surface area contributed by atoms with Gasteiger partial charge >= 0.3 is 0 Å².